The van der Waals surface area contributed by atoms with E-state index in [9.17, 15) is 19.5 Å². The van der Waals surface area contributed by atoms with Gasteiger partial charge < -0.3 is 20.1 Å². The number of piperidine rings is 1. The SMILES string of the molecule is CC(C)(C(=O)Nc1cccc(-n2ncc3c(=O)n(CC4(O)CCN(C(=O)C5CC5)CC4)cnc32)c1)N1CCOCC1. The average Bonchev–Trinajstić information content (AvgIpc) is 3.73. The highest BCUT2D eigenvalue weighted by atomic mass is 16.5. The summed E-state index contributed by atoms with van der Waals surface area (Å²) >= 11 is 0. The first-order chi connectivity index (χ1) is 19.6. The summed E-state index contributed by atoms with van der Waals surface area (Å²) in [5, 5.41) is 19.0. The molecule has 12 nitrogen and oxygen atoms in total. The zero-order valence-electron chi connectivity index (χ0n) is 23.6. The Balaban J connectivity index is 1.17. The van der Waals surface area contributed by atoms with Crippen LogP contribution in [0.1, 0.15) is 39.5 Å². The number of benzene rings is 1. The summed E-state index contributed by atoms with van der Waals surface area (Å²) in [7, 11) is 0. The summed E-state index contributed by atoms with van der Waals surface area (Å²) in [5.74, 6) is 0.221. The molecular weight excluding hydrogens is 526 g/mol. The van der Waals surface area contributed by atoms with Gasteiger partial charge in [0.1, 0.15) is 11.7 Å². The number of hydrogen-bond donors (Lipinski definition) is 2. The molecule has 2 saturated heterocycles. The van der Waals surface area contributed by atoms with Crippen LogP contribution in [0, 0.1) is 5.92 Å². The van der Waals surface area contributed by atoms with E-state index in [1.165, 1.54) is 17.1 Å². The van der Waals surface area contributed by atoms with Crippen molar-refractivity contribution in [3.63, 3.8) is 0 Å². The fraction of sp³-hybridized carbons (Fsp3) is 0.552. The average molecular weight is 564 g/mol. The molecule has 2 N–H and O–H groups in total. The van der Waals surface area contributed by atoms with Crippen molar-refractivity contribution < 1.29 is 19.4 Å². The third-order valence-electron chi connectivity index (χ3n) is 8.66. The molecule has 3 aliphatic rings. The van der Waals surface area contributed by atoms with Gasteiger partial charge >= 0.3 is 0 Å². The van der Waals surface area contributed by atoms with Crippen LogP contribution < -0.4 is 10.9 Å². The van der Waals surface area contributed by atoms with Gasteiger partial charge in [0.2, 0.25) is 11.8 Å². The maximum absolute atomic E-state index is 13.4. The van der Waals surface area contributed by atoms with Crippen LogP contribution in [0.5, 0.6) is 0 Å². The van der Waals surface area contributed by atoms with Crippen LogP contribution in [0.25, 0.3) is 16.7 Å². The van der Waals surface area contributed by atoms with Crippen molar-refractivity contribution in [1.82, 2.24) is 29.1 Å². The molecule has 218 valence electrons. The normalized spacial score (nSPS) is 19.8. The number of hydrogen-bond acceptors (Lipinski definition) is 8. The first kappa shape index (κ1) is 27.6. The van der Waals surface area contributed by atoms with Crippen LogP contribution in [0.2, 0.25) is 0 Å². The standard InChI is InChI=1S/C29H37N7O5/c1-28(2,35-12-14-41-15-13-35)27(39)32-21-4-3-5-22(16-21)36-24-23(17-31-36)26(38)34(19-30-24)18-29(40)8-10-33(11-9-29)25(37)20-6-7-20/h3-5,16-17,19-20,40H,6-15,18H2,1-2H3,(H,32,39). The van der Waals surface area contributed by atoms with E-state index in [0.29, 0.717) is 74.6 Å². The molecule has 0 radical (unpaired) electrons. The minimum atomic E-state index is -1.09. The Morgan fingerprint density at radius 2 is 1.88 bits per heavy atom. The second kappa shape index (κ2) is 10.7. The van der Waals surface area contributed by atoms with E-state index < -0.39 is 11.1 Å². The number of nitrogens with zero attached hydrogens (tertiary/aromatic N) is 6. The second-order valence-electron chi connectivity index (χ2n) is 12.0. The lowest BCUT2D eigenvalue weighted by Crippen LogP contribution is -2.56. The number of morpholine rings is 1. The molecule has 3 fully saturated rings. The molecule has 41 heavy (non-hydrogen) atoms. The van der Waals surface area contributed by atoms with Crippen molar-refractivity contribution in [2.24, 2.45) is 5.92 Å². The summed E-state index contributed by atoms with van der Waals surface area (Å²) in [6, 6.07) is 7.26. The van der Waals surface area contributed by atoms with Gasteiger partial charge in [-0.25, -0.2) is 9.67 Å². The number of carbonyl (C=O) groups excluding carboxylic acids is 2. The van der Waals surface area contributed by atoms with Crippen molar-refractivity contribution >= 4 is 28.5 Å². The number of carbonyl (C=O) groups is 2. The molecule has 0 bridgehead atoms. The largest absolute Gasteiger partial charge is 0.388 e. The first-order valence-corrected chi connectivity index (χ1v) is 14.3. The summed E-state index contributed by atoms with van der Waals surface area (Å²) < 4.78 is 8.42. The van der Waals surface area contributed by atoms with Crippen LogP contribution in [0.15, 0.2) is 41.6 Å². The Kier molecular flexibility index (Phi) is 7.16. The number of rotatable bonds is 7. The van der Waals surface area contributed by atoms with Crippen molar-refractivity contribution in [2.45, 2.75) is 57.2 Å². The van der Waals surface area contributed by atoms with Gasteiger partial charge in [0.15, 0.2) is 5.65 Å². The van der Waals surface area contributed by atoms with Crippen LogP contribution >= 0.6 is 0 Å². The van der Waals surface area contributed by atoms with Crippen LogP contribution in [0.4, 0.5) is 5.69 Å². The number of likely N-dealkylation sites (tertiary alicyclic amines) is 1. The van der Waals surface area contributed by atoms with Crippen molar-refractivity contribution in [2.75, 3.05) is 44.7 Å². The predicted octanol–water partition coefficient (Wildman–Crippen LogP) is 1.40. The summed E-state index contributed by atoms with van der Waals surface area (Å²) in [6.45, 7) is 7.49. The van der Waals surface area contributed by atoms with Gasteiger partial charge in [-0.3, -0.25) is 23.9 Å². The summed E-state index contributed by atoms with van der Waals surface area (Å²) in [4.78, 5) is 47.4. The van der Waals surface area contributed by atoms with Gasteiger partial charge in [0.25, 0.3) is 5.56 Å². The van der Waals surface area contributed by atoms with Crippen LogP contribution in [-0.4, -0.2) is 96.6 Å². The van der Waals surface area contributed by atoms with Gasteiger partial charge in [-0.1, -0.05) is 6.07 Å². The van der Waals surface area contributed by atoms with Crippen molar-refractivity contribution in [3.8, 4) is 5.69 Å². The van der Waals surface area contributed by atoms with Gasteiger partial charge in [0.05, 0.1) is 42.8 Å². The zero-order valence-corrected chi connectivity index (χ0v) is 23.6. The van der Waals surface area contributed by atoms with E-state index in [4.69, 9.17) is 4.74 Å². The lowest BCUT2D eigenvalue weighted by atomic mass is 9.91. The minimum Gasteiger partial charge on any atom is -0.388 e. The minimum absolute atomic E-state index is 0.103. The predicted molar refractivity (Wildman–Crippen MR) is 152 cm³/mol. The third-order valence-corrected chi connectivity index (χ3v) is 8.66. The van der Waals surface area contributed by atoms with E-state index in [-0.39, 0.29) is 29.8 Å². The molecule has 3 aromatic rings. The monoisotopic (exact) mass is 563 g/mol. The molecule has 0 spiro atoms. The highest BCUT2D eigenvalue weighted by Gasteiger charge is 2.39. The Hall–Kier alpha value is -3.61. The summed E-state index contributed by atoms with van der Waals surface area (Å²) in [6.07, 6.45) is 5.67. The Labute approximate surface area is 237 Å². The van der Waals surface area contributed by atoms with Gasteiger partial charge in [-0.15, -0.1) is 0 Å². The van der Waals surface area contributed by atoms with Crippen LogP contribution in [-0.2, 0) is 20.9 Å². The number of aromatic nitrogens is 4. The molecule has 6 rings (SSSR count). The maximum atomic E-state index is 13.4. The molecular formula is C29H37N7O5. The van der Waals surface area contributed by atoms with Crippen molar-refractivity contribution in [1.29, 1.82) is 0 Å². The Bertz CT molecular complexity index is 1510. The highest BCUT2D eigenvalue weighted by Crippen LogP contribution is 2.33. The number of ether oxygens (including phenoxy) is 1. The molecule has 1 saturated carbocycles. The number of anilines is 1. The Morgan fingerprint density at radius 3 is 2.59 bits per heavy atom. The molecule has 1 aliphatic carbocycles. The molecule has 2 aromatic heterocycles. The van der Waals surface area contributed by atoms with Gasteiger partial charge in [-0.2, -0.15) is 5.10 Å². The van der Waals surface area contributed by atoms with Gasteiger partial charge in [0, 0.05) is 37.8 Å². The van der Waals surface area contributed by atoms with E-state index in [2.05, 4.69) is 20.3 Å². The number of aliphatic hydroxyl groups is 1. The van der Waals surface area contributed by atoms with Crippen molar-refractivity contribution in [3.05, 3.63) is 47.1 Å². The molecule has 0 unspecified atom stereocenters. The third kappa shape index (κ3) is 5.51. The molecule has 2 aliphatic heterocycles. The summed E-state index contributed by atoms with van der Waals surface area (Å²) in [5.41, 5.74) is -0.435. The van der Waals surface area contributed by atoms with E-state index >= 15 is 0 Å². The van der Waals surface area contributed by atoms with Crippen LogP contribution in [0.3, 0.4) is 0 Å². The molecule has 0 atom stereocenters. The number of fused-ring (bicyclic) bond motifs is 1. The topological polar surface area (TPSA) is 135 Å². The number of amides is 2. The first-order valence-electron chi connectivity index (χ1n) is 14.3. The number of nitrogens with one attached hydrogen (secondary N) is 1. The second-order valence-corrected chi connectivity index (χ2v) is 12.0. The van der Waals surface area contributed by atoms with E-state index in [1.807, 2.05) is 36.9 Å². The quantitative estimate of drug-likeness (QED) is 0.441. The molecule has 12 heteroatoms. The fourth-order valence-electron chi connectivity index (χ4n) is 5.72. The lowest BCUT2D eigenvalue weighted by Gasteiger charge is -2.39. The maximum Gasteiger partial charge on any atom is 0.264 e. The lowest BCUT2D eigenvalue weighted by molar-refractivity contribution is -0.137. The Morgan fingerprint density at radius 1 is 1.15 bits per heavy atom. The fourth-order valence-corrected chi connectivity index (χ4v) is 5.72. The van der Waals surface area contributed by atoms with E-state index in [0.717, 1.165) is 12.8 Å². The van der Waals surface area contributed by atoms with E-state index in [1.54, 1.807) is 10.7 Å². The zero-order chi connectivity index (χ0) is 28.8. The highest BCUT2D eigenvalue weighted by molar-refractivity contribution is 5.97. The molecule has 4 heterocycles. The smallest absolute Gasteiger partial charge is 0.264 e. The van der Waals surface area contributed by atoms with Gasteiger partial charge in [-0.05, 0) is 57.7 Å². The molecule has 2 amide bonds. The molecule has 1 aromatic carbocycles.